The first-order valence-corrected chi connectivity index (χ1v) is 9.85. The molecule has 7 nitrogen and oxygen atoms in total. The average molecular weight is 407 g/mol. The molecule has 0 spiro atoms. The van der Waals surface area contributed by atoms with E-state index in [0.29, 0.717) is 11.6 Å². The number of fused-ring (bicyclic) bond motifs is 1. The Morgan fingerprint density at radius 1 is 1.07 bits per heavy atom. The standard InChI is InChI=1S/C20H23ClN2O5/c21-14-7-5-13(6-8-14)11-22-17(24)12-28-18(25)9-10-23-19(26)15-3-1-2-4-16(15)20(23)27/h5-8,15-16H,1-4,9-12H2,(H,22,24)/t15-,16-/m0/s1. The molecule has 0 unspecified atom stereocenters. The number of nitrogens with zero attached hydrogens (tertiary/aromatic N) is 1. The van der Waals surface area contributed by atoms with E-state index in [1.54, 1.807) is 24.3 Å². The molecular formula is C20H23ClN2O5. The maximum Gasteiger partial charge on any atom is 0.308 e. The molecule has 1 heterocycles. The molecule has 2 atom stereocenters. The number of benzene rings is 1. The quantitative estimate of drug-likeness (QED) is 0.552. The molecule has 1 saturated carbocycles. The third-order valence-electron chi connectivity index (χ3n) is 5.24. The molecule has 1 N–H and O–H groups in total. The lowest BCUT2D eigenvalue weighted by atomic mass is 9.81. The molecule has 8 heteroatoms. The average Bonchev–Trinajstić information content (AvgIpc) is 2.95. The van der Waals surface area contributed by atoms with Gasteiger partial charge in [-0.15, -0.1) is 0 Å². The lowest BCUT2D eigenvalue weighted by Gasteiger charge is -2.19. The molecule has 1 aromatic rings. The largest absolute Gasteiger partial charge is 0.456 e. The molecule has 0 bridgehead atoms. The summed E-state index contributed by atoms with van der Waals surface area (Å²) in [6, 6.07) is 7.02. The van der Waals surface area contributed by atoms with E-state index in [1.807, 2.05) is 0 Å². The van der Waals surface area contributed by atoms with E-state index in [-0.39, 0.29) is 36.6 Å². The van der Waals surface area contributed by atoms with Gasteiger partial charge in [-0.25, -0.2) is 0 Å². The number of imide groups is 1. The Labute approximate surface area is 168 Å². The van der Waals surface area contributed by atoms with Crippen LogP contribution >= 0.6 is 11.6 Å². The van der Waals surface area contributed by atoms with Gasteiger partial charge in [-0.05, 0) is 30.5 Å². The second-order valence-electron chi connectivity index (χ2n) is 7.14. The number of esters is 1. The molecule has 3 rings (SSSR count). The first-order chi connectivity index (χ1) is 13.5. The Balaban J connectivity index is 1.37. The second kappa shape index (κ2) is 9.19. The Morgan fingerprint density at radius 2 is 1.68 bits per heavy atom. The van der Waals surface area contributed by atoms with Crippen molar-refractivity contribution in [2.24, 2.45) is 11.8 Å². The zero-order valence-corrected chi connectivity index (χ0v) is 16.2. The van der Waals surface area contributed by atoms with Gasteiger partial charge < -0.3 is 10.1 Å². The molecule has 1 aromatic carbocycles. The third-order valence-corrected chi connectivity index (χ3v) is 5.49. The van der Waals surface area contributed by atoms with Crippen LogP contribution in [0.15, 0.2) is 24.3 Å². The molecule has 1 aliphatic heterocycles. The van der Waals surface area contributed by atoms with Crippen LogP contribution in [0.25, 0.3) is 0 Å². The number of carbonyl (C=O) groups excluding carboxylic acids is 4. The summed E-state index contributed by atoms with van der Waals surface area (Å²) in [7, 11) is 0. The highest BCUT2D eigenvalue weighted by atomic mass is 35.5. The van der Waals surface area contributed by atoms with Crippen molar-refractivity contribution < 1.29 is 23.9 Å². The predicted octanol–water partition coefficient (Wildman–Crippen LogP) is 2.06. The molecular weight excluding hydrogens is 384 g/mol. The first-order valence-electron chi connectivity index (χ1n) is 9.47. The van der Waals surface area contributed by atoms with Gasteiger partial charge in [0, 0.05) is 18.1 Å². The van der Waals surface area contributed by atoms with Crippen molar-refractivity contribution in [1.82, 2.24) is 10.2 Å². The van der Waals surface area contributed by atoms with E-state index in [1.165, 1.54) is 4.90 Å². The predicted molar refractivity (Wildman–Crippen MR) is 101 cm³/mol. The van der Waals surface area contributed by atoms with Crippen molar-refractivity contribution in [2.75, 3.05) is 13.2 Å². The number of nitrogens with one attached hydrogen (secondary N) is 1. The van der Waals surface area contributed by atoms with Crippen LogP contribution in [0.5, 0.6) is 0 Å². The maximum absolute atomic E-state index is 12.4. The molecule has 2 fully saturated rings. The monoisotopic (exact) mass is 406 g/mol. The molecule has 1 saturated heterocycles. The number of carbonyl (C=O) groups is 4. The van der Waals surface area contributed by atoms with Crippen molar-refractivity contribution >= 4 is 35.3 Å². The minimum absolute atomic E-state index is 0.00982. The van der Waals surface area contributed by atoms with Gasteiger partial charge in [0.1, 0.15) is 0 Å². The Morgan fingerprint density at radius 3 is 2.29 bits per heavy atom. The van der Waals surface area contributed by atoms with Gasteiger partial charge in [0.05, 0.1) is 18.3 Å². The highest BCUT2D eigenvalue weighted by Crippen LogP contribution is 2.37. The molecule has 28 heavy (non-hydrogen) atoms. The lowest BCUT2D eigenvalue weighted by molar-refractivity contribution is -0.150. The van der Waals surface area contributed by atoms with Crippen LogP contribution in [0.4, 0.5) is 0 Å². The molecule has 1 aliphatic carbocycles. The van der Waals surface area contributed by atoms with Gasteiger partial charge in [0.15, 0.2) is 6.61 Å². The van der Waals surface area contributed by atoms with E-state index in [2.05, 4.69) is 5.32 Å². The van der Waals surface area contributed by atoms with Crippen molar-refractivity contribution in [3.05, 3.63) is 34.9 Å². The molecule has 0 radical (unpaired) electrons. The van der Waals surface area contributed by atoms with E-state index in [4.69, 9.17) is 16.3 Å². The first kappa shape index (κ1) is 20.3. The summed E-state index contributed by atoms with van der Waals surface area (Å²) in [5, 5.41) is 3.25. The van der Waals surface area contributed by atoms with Crippen molar-refractivity contribution in [3.8, 4) is 0 Å². The fourth-order valence-electron chi connectivity index (χ4n) is 3.73. The minimum Gasteiger partial charge on any atom is -0.456 e. The number of hydrogen-bond acceptors (Lipinski definition) is 5. The molecule has 3 amide bonds. The zero-order chi connectivity index (χ0) is 20.1. The van der Waals surface area contributed by atoms with E-state index in [9.17, 15) is 19.2 Å². The van der Waals surface area contributed by atoms with Gasteiger partial charge in [0.25, 0.3) is 5.91 Å². The summed E-state index contributed by atoms with van der Waals surface area (Å²) < 4.78 is 4.94. The highest BCUT2D eigenvalue weighted by Gasteiger charge is 2.47. The van der Waals surface area contributed by atoms with Crippen LogP contribution in [0.3, 0.4) is 0 Å². The van der Waals surface area contributed by atoms with Gasteiger partial charge in [0.2, 0.25) is 11.8 Å². The Hall–Kier alpha value is -2.41. The van der Waals surface area contributed by atoms with E-state index >= 15 is 0 Å². The van der Waals surface area contributed by atoms with E-state index in [0.717, 1.165) is 31.2 Å². The van der Waals surface area contributed by atoms with Gasteiger partial charge in [-0.2, -0.15) is 0 Å². The third kappa shape index (κ3) is 4.90. The van der Waals surface area contributed by atoms with Crippen LogP contribution in [0.1, 0.15) is 37.7 Å². The van der Waals surface area contributed by atoms with E-state index < -0.39 is 18.5 Å². The highest BCUT2D eigenvalue weighted by molar-refractivity contribution is 6.30. The van der Waals surface area contributed by atoms with Gasteiger partial charge >= 0.3 is 5.97 Å². The summed E-state index contributed by atoms with van der Waals surface area (Å²) in [6.07, 6.45) is 3.29. The molecule has 2 aliphatic rings. The van der Waals surface area contributed by atoms with Gasteiger partial charge in [-0.1, -0.05) is 36.6 Å². The zero-order valence-electron chi connectivity index (χ0n) is 15.5. The van der Waals surface area contributed by atoms with Crippen LogP contribution in [0, 0.1) is 11.8 Å². The maximum atomic E-state index is 12.4. The number of likely N-dealkylation sites (tertiary alicyclic amines) is 1. The van der Waals surface area contributed by atoms with Crippen LogP contribution in [-0.2, 0) is 30.5 Å². The Bertz CT molecular complexity index is 740. The fraction of sp³-hybridized carbons (Fsp3) is 0.500. The topological polar surface area (TPSA) is 92.8 Å². The van der Waals surface area contributed by atoms with Crippen LogP contribution in [0.2, 0.25) is 5.02 Å². The van der Waals surface area contributed by atoms with Crippen molar-refractivity contribution in [1.29, 1.82) is 0 Å². The van der Waals surface area contributed by atoms with Crippen molar-refractivity contribution in [3.63, 3.8) is 0 Å². The Kier molecular flexibility index (Phi) is 6.67. The van der Waals surface area contributed by atoms with Crippen LogP contribution < -0.4 is 5.32 Å². The summed E-state index contributed by atoms with van der Waals surface area (Å²) in [5.74, 6) is -1.85. The summed E-state index contributed by atoms with van der Waals surface area (Å²) in [6.45, 7) is -0.0947. The SMILES string of the molecule is O=C(COC(=O)CCN1C(=O)[C@H]2CCCC[C@@H]2C1=O)NCc1ccc(Cl)cc1. The number of halogens is 1. The molecule has 150 valence electrons. The van der Waals surface area contributed by atoms with Gasteiger partial charge in [-0.3, -0.25) is 24.1 Å². The van der Waals surface area contributed by atoms with Crippen molar-refractivity contribution in [2.45, 2.75) is 38.6 Å². The number of rotatable bonds is 7. The smallest absolute Gasteiger partial charge is 0.308 e. The number of amides is 3. The summed E-state index contributed by atoms with van der Waals surface area (Å²) in [4.78, 5) is 49.6. The van der Waals surface area contributed by atoms with Crippen LogP contribution in [-0.4, -0.2) is 41.7 Å². The normalized spacial score (nSPS) is 21.4. The number of hydrogen-bond donors (Lipinski definition) is 1. The second-order valence-corrected chi connectivity index (χ2v) is 7.58. The summed E-state index contributed by atoms with van der Waals surface area (Å²) >= 11 is 5.80. The molecule has 0 aromatic heterocycles. The summed E-state index contributed by atoms with van der Waals surface area (Å²) in [5.41, 5.74) is 0.872. The number of ether oxygens (including phenoxy) is 1. The minimum atomic E-state index is -0.614. The fourth-order valence-corrected chi connectivity index (χ4v) is 3.85. The lowest BCUT2D eigenvalue weighted by Crippen LogP contribution is -2.34.